The minimum Gasteiger partial charge on any atom is -0.102 e. The van der Waals surface area contributed by atoms with Gasteiger partial charge in [-0.3, -0.25) is 0 Å². The molecule has 2 fully saturated rings. The van der Waals surface area contributed by atoms with Crippen LogP contribution in [0.15, 0.2) is 49.1 Å². The maximum absolute atomic E-state index is 3.86. The van der Waals surface area contributed by atoms with Gasteiger partial charge in [-0.25, -0.2) is 0 Å². The van der Waals surface area contributed by atoms with Crippen molar-refractivity contribution in [3.8, 4) is 0 Å². The van der Waals surface area contributed by atoms with Gasteiger partial charge >= 0.3 is 0 Å². The van der Waals surface area contributed by atoms with Crippen LogP contribution in [0.3, 0.4) is 0 Å². The number of hydrogen-bond donors (Lipinski definition) is 0. The monoisotopic (exact) mass is 252 g/mol. The van der Waals surface area contributed by atoms with Crippen molar-refractivity contribution in [1.29, 1.82) is 0 Å². The smallest absolute Gasteiger partial charge is 0.00642 e. The molecule has 0 heteroatoms. The van der Waals surface area contributed by atoms with Crippen LogP contribution in [0.25, 0.3) is 0 Å². The van der Waals surface area contributed by atoms with Crippen LogP contribution in [0.5, 0.6) is 0 Å². The lowest BCUT2D eigenvalue weighted by molar-refractivity contribution is 0.398. The molecule has 0 aromatic heterocycles. The van der Waals surface area contributed by atoms with E-state index < -0.39 is 0 Å². The zero-order valence-electron chi connectivity index (χ0n) is 11.7. The van der Waals surface area contributed by atoms with Crippen LogP contribution in [0.2, 0.25) is 0 Å². The molecule has 4 bridgehead atoms. The Hall–Kier alpha value is -1.04. The van der Waals surface area contributed by atoms with E-state index in [2.05, 4.69) is 49.1 Å². The van der Waals surface area contributed by atoms with Gasteiger partial charge < -0.3 is 0 Å². The normalized spacial score (nSPS) is 50.4. The summed E-state index contributed by atoms with van der Waals surface area (Å²) in [4.78, 5) is 0. The molecule has 6 unspecified atom stereocenters. The standard InChI is InChI=1S/C10H12.C9H12/c1-2-9-7-4-5-8(6-7)10(9)3-1;1-2-9-5-3-8(7-9)4-6-9/h1-2,4-5,7-10H,3,6H2;2-3,5,8H,1,4,6-7H2. The molecule has 0 N–H and O–H groups in total. The van der Waals surface area contributed by atoms with Gasteiger partial charge in [0.1, 0.15) is 0 Å². The molecule has 0 aromatic carbocycles. The quantitative estimate of drug-likeness (QED) is 0.581. The van der Waals surface area contributed by atoms with Crippen LogP contribution in [0.4, 0.5) is 0 Å². The Bertz CT molecular complexity index is 466. The van der Waals surface area contributed by atoms with Crippen LogP contribution >= 0.6 is 0 Å². The number of rotatable bonds is 1. The highest BCUT2D eigenvalue weighted by Gasteiger charge is 2.44. The maximum Gasteiger partial charge on any atom is 0.00642 e. The summed E-state index contributed by atoms with van der Waals surface area (Å²) in [6.07, 6.45) is 23.4. The summed E-state index contributed by atoms with van der Waals surface area (Å²) in [5, 5.41) is 0. The Labute approximate surface area is 117 Å². The van der Waals surface area contributed by atoms with Crippen LogP contribution in [0.1, 0.15) is 32.1 Å². The predicted molar refractivity (Wildman–Crippen MR) is 80.6 cm³/mol. The first-order valence-electron chi connectivity index (χ1n) is 7.98. The second-order valence-corrected chi connectivity index (χ2v) is 7.15. The SMILES string of the molecule is C1=CC2C3C=CC(C3)C2C1.C=CC12C=CC(CC1)C2. The van der Waals surface area contributed by atoms with E-state index in [0.717, 1.165) is 29.6 Å². The lowest BCUT2D eigenvalue weighted by Gasteiger charge is -2.18. The lowest BCUT2D eigenvalue weighted by Crippen LogP contribution is -2.12. The zero-order valence-corrected chi connectivity index (χ0v) is 11.7. The fourth-order valence-corrected chi connectivity index (χ4v) is 5.02. The van der Waals surface area contributed by atoms with Gasteiger partial charge in [-0.15, -0.1) is 6.58 Å². The van der Waals surface area contributed by atoms with Gasteiger partial charge in [-0.2, -0.15) is 0 Å². The average molecular weight is 252 g/mol. The highest BCUT2D eigenvalue weighted by Crippen LogP contribution is 2.52. The first kappa shape index (κ1) is 11.8. The Morgan fingerprint density at radius 2 is 2.00 bits per heavy atom. The third-order valence-electron chi connectivity index (χ3n) is 6.18. The van der Waals surface area contributed by atoms with Crippen molar-refractivity contribution in [1.82, 2.24) is 0 Å². The summed E-state index contributed by atoms with van der Waals surface area (Å²) in [7, 11) is 0. The Morgan fingerprint density at radius 3 is 2.58 bits per heavy atom. The molecule has 5 rings (SSSR count). The Kier molecular flexibility index (Phi) is 2.62. The maximum atomic E-state index is 3.86. The number of fused-ring (bicyclic) bond motifs is 7. The van der Waals surface area contributed by atoms with E-state index in [4.69, 9.17) is 0 Å². The second kappa shape index (κ2) is 4.23. The lowest BCUT2D eigenvalue weighted by atomic mass is 9.86. The van der Waals surface area contributed by atoms with Crippen LogP contribution in [0, 0.1) is 35.0 Å². The van der Waals surface area contributed by atoms with E-state index in [0.29, 0.717) is 5.41 Å². The molecule has 6 atom stereocenters. The summed E-state index contributed by atoms with van der Waals surface area (Å²) in [5.74, 6) is 4.71. The molecule has 0 nitrogen and oxygen atoms in total. The van der Waals surface area contributed by atoms with Crippen LogP contribution in [-0.2, 0) is 0 Å². The fourth-order valence-electron chi connectivity index (χ4n) is 5.02. The first-order chi connectivity index (χ1) is 9.30. The molecule has 100 valence electrons. The van der Waals surface area contributed by atoms with Gasteiger partial charge in [0.15, 0.2) is 0 Å². The molecule has 5 aliphatic carbocycles. The van der Waals surface area contributed by atoms with Crippen molar-refractivity contribution < 1.29 is 0 Å². The molecule has 0 aliphatic heterocycles. The molecule has 5 aliphatic rings. The molecule has 19 heavy (non-hydrogen) atoms. The third kappa shape index (κ3) is 1.80. The van der Waals surface area contributed by atoms with E-state index in [9.17, 15) is 0 Å². The van der Waals surface area contributed by atoms with Gasteiger partial charge in [0.2, 0.25) is 0 Å². The Morgan fingerprint density at radius 1 is 1.11 bits per heavy atom. The van der Waals surface area contributed by atoms with Crippen LogP contribution in [-0.4, -0.2) is 0 Å². The number of allylic oxidation sites excluding steroid dienone is 7. The zero-order chi connectivity index (χ0) is 12.9. The minimum atomic E-state index is 0.435. The van der Waals surface area contributed by atoms with E-state index in [-0.39, 0.29) is 0 Å². The first-order valence-corrected chi connectivity index (χ1v) is 7.98. The summed E-state index contributed by atoms with van der Waals surface area (Å²) in [6.45, 7) is 3.86. The van der Waals surface area contributed by atoms with Gasteiger partial charge in [0.25, 0.3) is 0 Å². The average Bonchev–Trinajstić information content (AvgIpc) is 3.21. The molecule has 0 amide bonds. The molecule has 2 saturated carbocycles. The highest BCUT2D eigenvalue weighted by molar-refractivity contribution is 5.22. The number of hydrogen-bond acceptors (Lipinski definition) is 0. The van der Waals surface area contributed by atoms with Crippen molar-refractivity contribution in [3.63, 3.8) is 0 Å². The van der Waals surface area contributed by atoms with Crippen molar-refractivity contribution in [2.75, 3.05) is 0 Å². The van der Waals surface area contributed by atoms with Gasteiger partial charge in [0, 0.05) is 5.41 Å². The topological polar surface area (TPSA) is 0 Å². The van der Waals surface area contributed by atoms with Crippen molar-refractivity contribution in [3.05, 3.63) is 49.1 Å². The molecule has 0 spiro atoms. The molecule has 0 saturated heterocycles. The van der Waals surface area contributed by atoms with Gasteiger partial charge in [-0.05, 0) is 61.7 Å². The summed E-state index contributed by atoms with van der Waals surface area (Å²) in [6, 6.07) is 0. The largest absolute Gasteiger partial charge is 0.102 e. The Balaban J connectivity index is 0.000000103. The summed E-state index contributed by atoms with van der Waals surface area (Å²) >= 11 is 0. The van der Waals surface area contributed by atoms with Crippen LogP contribution < -0.4 is 0 Å². The van der Waals surface area contributed by atoms with Gasteiger partial charge in [-0.1, -0.05) is 42.5 Å². The van der Waals surface area contributed by atoms with E-state index in [1.54, 1.807) is 0 Å². The predicted octanol–water partition coefficient (Wildman–Crippen LogP) is 4.91. The van der Waals surface area contributed by atoms with Crippen molar-refractivity contribution >= 4 is 0 Å². The van der Waals surface area contributed by atoms with E-state index in [1.165, 1.54) is 32.1 Å². The fraction of sp³-hybridized carbons (Fsp3) is 0.579. The third-order valence-corrected chi connectivity index (χ3v) is 6.18. The summed E-state index contributed by atoms with van der Waals surface area (Å²) in [5.41, 5.74) is 0.435. The highest BCUT2D eigenvalue weighted by atomic mass is 14.5. The molecule has 0 radical (unpaired) electrons. The molecule has 0 heterocycles. The minimum absolute atomic E-state index is 0.435. The van der Waals surface area contributed by atoms with Gasteiger partial charge in [0.05, 0.1) is 0 Å². The second-order valence-electron chi connectivity index (χ2n) is 7.15. The molecule has 0 aromatic rings. The van der Waals surface area contributed by atoms with E-state index >= 15 is 0 Å². The molecular weight excluding hydrogens is 228 g/mol. The van der Waals surface area contributed by atoms with Crippen molar-refractivity contribution in [2.45, 2.75) is 32.1 Å². The van der Waals surface area contributed by atoms with Crippen molar-refractivity contribution in [2.24, 2.45) is 35.0 Å². The summed E-state index contributed by atoms with van der Waals surface area (Å²) < 4.78 is 0. The van der Waals surface area contributed by atoms with E-state index in [1.807, 2.05) is 0 Å². The molecular formula is C19H24.